The molecule has 7 heteroatoms. The van der Waals surface area contributed by atoms with E-state index >= 15 is 0 Å². The number of ether oxygens (including phenoxy) is 3. The van der Waals surface area contributed by atoms with Crippen LogP contribution in [0.25, 0.3) is 0 Å². The topological polar surface area (TPSA) is 51.2 Å². The average Bonchev–Trinajstić information content (AvgIpc) is 2.85. The van der Waals surface area contributed by atoms with E-state index in [2.05, 4.69) is 0 Å². The van der Waals surface area contributed by atoms with Crippen LogP contribution in [0.5, 0.6) is 17.2 Å². The summed E-state index contributed by atoms with van der Waals surface area (Å²) in [5.41, 5.74) is 2.75. The zero-order valence-electron chi connectivity index (χ0n) is 18.8. The van der Waals surface area contributed by atoms with Gasteiger partial charge in [-0.05, 0) is 36.2 Å². The van der Waals surface area contributed by atoms with Crippen LogP contribution < -0.4 is 19.1 Å². The maximum atomic E-state index is 13.4. The summed E-state index contributed by atoms with van der Waals surface area (Å²) in [4.78, 5) is 17.0. The second-order valence-electron chi connectivity index (χ2n) is 7.77. The van der Waals surface area contributed by atoms with E-state index in [1.807, 2.05) is 65.6 Å². The molecule has 1 fully saturated rings. The number of methoxy groups -OCH3 is 2. The molecule has 0 radical (unpaired) electrons. The van der Waals surface area contributed by atoms with Crippen LogP contribution >= 0.6 is 11.6 Å². The first-order valence-electron chi connectivity index (χ1n) is 10.8. The summed E-state index contributed by atoms with van der Waals surface area (Å²) >= 11 is 6.08. The number of carbonyl (C=O) groups is 1. The minimum Gasteiger partial charge on any atom is -0.496 e. The van der Waals surface area contributed by atoms with E-state index < -0.39 is 0 Å². The van der Waals surface area contributed by atoms with Gasteiger partial charge in [0.25, 0.3) is 0 Å². The first kappa shape index (κ1) is 22.8. The number of anilines is 1. The van der Waals surface area contributed by atoms with Crippen molar-refractivity contribution >= 4 is 23.3 Å². The minimum absolute atomic E-state index is 0.0579. The van der Waals surface area contributed by atoms with E-state index in [1.165, 1.54) is 0 Å². The molecular formula is C26H27ClN2O4. The lowest BCUT2D eigenvalue weighted by atomic mass is 10.1. The van der Waals surface area contributed by atoms with E-state index in [-0.39, 0.29) is 6.03 Å². The molecule has 1 aliphatic heterocycles. The molecule has 0 aromatic heterocycles. The lowest BCUT2D eigenvalue weighted by molar-refractivity contribution is 0.191. The fourth-order valence-electron chi connectivity index (χ4n) is 3.90. The number of hydrogen-bond donors (Lipinski definition) is 0. The van der Waals surface area contributed by atoms with Crippen LogP contribution in [-0.4, -0.2) is 38.2 Å². The lowest BCUT2D eigenvalue weighted by Gasteiger charge is -2.36. The number of halogens is 1. The van der Waals surface area contributed by atoms with Crippen molar-refractivity contribution in [1.82, 2.24) is 4.90 Å². The highest BCUT2D eigenvalue weighted by molar-refractivity contribution is 6.30. The predicted octanol–water partition coefficient (Wildman–Crippen LogP) is 5.77. The van der Waals surface area contributed by atoms with Gasteiger partial charge in [0, 0.05) is 35.4 Å². The van der Waals surface area contributed by atoms with Crippen LogP contribution in [0, 0.1) is 0 Å². The molecule has 3 aromatic carbocycles. The summed E-state index contributed by atoms with van der Waals surface area (Å²) in [6.45, 7) is 2.17. The molecule has 0 spiro atoms. The van der Waals surface area contributed by atoms with Gasteiger partial charge in [0.1, 0.15) is 12.4 Å². The molecule has 6 nitrogen and oxygen atoms in total. The zero-order valence-corrected chi connectivity index (χ0v) is 19.5. The average molecular weight is 467 g/mol. The largest absolute Gasteiger partial charge is 0.496 e. The predicted molar refractivity (Wildman–Crippen MR) is 130 cm³/mol. The van der Waals surface area contributed by atoms with Gasteiger partial charge >= 0.3 is 6.03 Å². The Morgan fingerprint density at radius 1 is 0.879 bits per heavy atom. The molecule has 1 aliphatic rings. The molecule has 33 heavy (non-hydrogen) atoms. The van der Waals surface area contributed by atoms with Crippen molar-refractivity contribution in [2.24, 2.45) is 0 Å². The molecule has 0 unspecified atom stereocenters. The smallest absolute Gasteiger partial charge is 0.324 e. The maximum absolute atomic E-state index is 13.4. The third kappa shape index (κ3) is 5.34. The standard InChI is InChI=1S/C26H27ClN2O4/c1-31-23-12-11-22(16-25(23)33-18-19-7-4-3-5-8-19)29-14-6-13-28(26(29)30)17-20-9-10-21(27)15-24(20)32-2/h3-5,7-12,15-16H,6,13-14,17-18H2,1-2H3. The third-order valence-electron chi connectivity index (χ3n) is 5.62. The van der Waals surface area contributed by atoms with Gasteiger partial charge in [-0.3, -0.25) is 4.90 Å². The quantitative estimate of drug-likeness (QED) is 0.423. The first-order chi connectivity index (χ1) is 16.1. The summed E-state index contributed by atoms with van der Waals surface area (Å²) in [5.74, 6) is 1.90. The molecular weight excluding hydrogens is 440 g/mol. The fraction of sp³-hybridized carbons (Fsp3) is 0.269. The first-order valence-corrected chi connectivity index (χ1v) is 11.2. The Labute approximate surface area is 199 Å². The molecule has 4 rings (SSSR count). The number of urea groups is 1. The number of hydrogen-bond acceptors (Lipinski definition) is 4. The van der Waals surface area contributed by atoms with Gasteiger partial charge in [0.15, 0.2) is 11.5 Å². The highest BCUT2D eigenvalue weighted by Gasteiger charge is 2.28. The Morgan fingerprint density at radius 3 is 2.42 bits per heavy atom. The monoisotopic (exact) mass is 466 g/mol. The molecule has 0 atom stereocenters. The van der Waals surface area contributed by atoms with Gasteiger partial charge < -0.3 is 19.1 Å². The van der Waals surface area contributed by atoms with Gasteiger partial charge in [-0.1, -0.05) is 48.0 Å². The van der Waals surface area contributed by atoms with Crippen molar-refractivity contribution in [3.8, 4) is 17.2 Å². The van der Waals surface area contributed by atoms with Crippen LogP contribution in [0.2, 0.25) is 5.02 Å². The van der Waals surface area contributed by atoms with Gasteiger partial charge in [-0.15, -0.1) is 0 Å². The molecule has 172 valence electrons. The molecule has 1 saturated heterocycles. The van der Waals surface area contributed by atoms with Gasteiger partial charge in [-0.25, -0.2) is 4.79 Å². The number of rotatable bonds is 8. The summed E-state index contributed by atoms with van der Waals surface area (Å²) in [7, 11) is 3.21. The lowest BCUT2D eigenvalue weighted by Crippen LogP contribution is -2.49. The van der Waals surface area contributed by atoms with E-state index in [0.29, 0.717) is 48.5 Å². The summed E-state index contributed by atoms with van der Waals surface area (Å²) in [6.07, 6.45) is 0.855. The fourth-order valence-corrected chi connectivity index (χ4v) is 4.07. The highest BCUT2D eigenvalue weighted by Crippen LogP contribution is 2.34. The highest BCUT2D eigenvalue weighted by atomic mass is 35.5. The van der Waals surface area contributed by atoms with Crippen molar-refractivity contribution in [2.45, 2.75) is 19.6 Å². The second kappa shape index (κ2) is 10.5. The van der Waals surface area contributed by atoms with Gasteiger partial charge in [-0.2, -0.15) is 0 Å². The van der Waals surface area contributed by atoms with E-state index in [1.54, 1.807) is 25.2 Å². The van der Waals surface area contributed by atoms with Crippen LogP contribution in [0.15, 0.2) is 66.7 Å². The van der Waals surface area contributed by atoms with Crippen LogP contribution in [0.4, 0.5) is 10.5 Å². The molecule has 1 heterocycles. The van der Waals surface area contributed by atoms with Crippen molar-refractivity contribution < 1.29 is 19.0 Å². The number of benzene rings is 3. The number of nitrogens with zero attached hydrogens (tertiary/aromatic N) is 2. The Bertz CT molecular complexity index is 1110. The summed E-state index contributed by atoms with van der Waals surface area (Å²) in [5, 5.41) is 0.600. The Hall–Kier alpha value is -3.38. The number of carbonyl (C=O) groups excluding carboxylic acids is 1. The molecule has 0 bridgehead atoms. The molecule has 0 N–H and O–H groups in total. The molecule has 3 aromatic rings. The normalized spacial score (nSPS) is 13.7. The SMILES string of the molecule is COc1cc(Cl)ccc1CN1CCCN(c2ccc(OC)c(OCc3ccccc3)c2)C1=O. The van der Waals surface area contributed by atoms with Gasteiger partial charge in [0.2, 0.25) is 0 Å². The molecule has 0 saturated carbocycles. The zero-order chi connectivity index (χ0) is 23.2. The summed E-state index contributed by atoms with van der Waals surface area (Å²) < 4.78 is 17.0. The maximum Gasteiger partial charge on any atom is 0.324 e. The van der Waals surface area contributed by atoms with Gasteiger partial charge in [0.05, 0.1) is 20.8 Å². The third-order valence-corrected chi connectivity index (χ3v) is 5.85. The van der Waals surface area contributed by atoms with Crippen molar-refractivity contribution in [2.75, 3.05) is 32.2 Å². The molecule has 0 aliphatic carbocycles. The second-order valence-corrected chi connectivity index (χ2v) is 8.21. The Kier molecular flexibility index (Phi) is 7.25. The minimum atomic E-state index is -0.0579. The van der Waals surface area contributed by atoms with E-state index in [0.717, 1.165) is 23.2 Å². The van der Waals surface area contributed by atoms with Crippen molar-refractivity contribution in [1.29, 1.82) is 0 Å². The summed E-state index contributed by atoms with van der Waals surface area (Å²) in [6, 6.07) is 20.9. The molecule has 2 amide bonds. The van der Waals surface area contributed by atoms with E-state index in [9.17, 15) is 4.79 Å². The van der Waals surface area contributed by atoms with Crippen LogP contribution in [0.3, 0.4) is 0 Å². The van der Waals surface area contributed by atoms with Crippen LogP contribution in [-0.2, 0) is 13.2 Å². The van der Waals surface area contributed by atoms with E-state index in [4.69, 9.17) is 25.8 Å². The van der Waals surface area contributed by atoms with Crippen molar-refractivity contribution in [3.05, 3.63) is 82.9 Å². The number of amides is 2. The van der Waals surface area contributed by atoms with Crippen LogP contribution in [0.1, 0.15) is 17.5 Å². The van der Waals surface area contributed by atoms with Crippen molar-refractivity contribution in [3.63, 3.8) is 0 Å². The Morgan fingerprint density at radius 2 is 1.67 bits per heavy atom. The Balaban J connectivity index is 1.52.